The molecule has 1 amide bonds. The molecule has 8 bridgehead atoms. The Balaban J connectivity index is 1.06. The lowest BCUT2D eigenvalue weighted by Crippen LogP contribution is -2.60. The number of anilines is 1. The summed E-state index contributed by atoms with van der Waals surface area (Å²) < 4.78 is 34.9. The molecule has 0 unspecified atom stereocenters. The number of aliphatic hydroxyl groups is 12. The van der Waals surface area contributed by atoms with E-state index in [-0.39, 0.29) is 17.2 Å². The Morgan fingerprint density at radius 3 is 1.12 bits per heavy atom. The molecule has 470 valence electrons. The van der Waals surface area contributed by atoms with Crippen LogP contribution in [0.5, 0.6) is 17.2 Å². The summed E-state index contributed by atoms with van der Waals surface area (Å²) in [6.07, 6.45) is -15.4. The van der Waals surface area contributed by atoms with Crippen LogP contribution in [-0.2, 0) is 19.0 Å². The summed E-state index contributed by atoms with van der Waals surface area (Å²) >= 11 is 0. The highest BCUT2D eigenvalue weighted by Crippen LogP contribution is 2.42. The minimum absolute atomic E-state index is 0.213. The van der Waals surface area contributed by atoms with Crippen molar-refractivity contribution in [2.45, 2.75) is 105 Å². The molecule has 17 N–H and O–H groups in total. The van der Waals surface area contributed by atoms with Crippen LogP contribution in [0.4, 0.5) is 5.69 Å². The van der Waals surface area contributed by atoms with E-state index >= 15 is 0 Å². The van der Waals surface area contributed by atoms with Crippen LogP contribution in [0.3, 0.4) is 0 Å². The van der Waals surface area contributed by atoms with Crippen molar-refractivity contribution in [3.63, 3.8) is 0 Å². The first-order valence-corrected chi connectivity index (χ1v) is 29.0. The third-order valence-corrected chi connectivity index (χ3v) is 16.4. The molecule has 0 radical (unpaired) electrons. The van der Waals surface area contributed by atoms with E-state index in [1.165, 1.54) is 0 Å². The number of aromatic amines is 2. The smallest absolute Gasteiger partial charge is 0.241 e. The molecule has 25 nitrogen and oxygen atoms in total. The molecule has 12 rings (SSSR count). The number of carbonyl (C=O) groups excluding carboxylic acids is 1. The third kappa shape index (κ3) is 12.0. The number of aliphatic hydroxyl groups excluding tert-OH is 12. The van der Waals surface area contributed by atoms with Crippen molar-refractivity contribution in [3.8, 4) is 61.8 Å². The molecule has 0 aliphatic carbocycles. The van der Waals surface area contributed by atoms with Crippen molar-refractivity contribution < 1.29 is 94.5 Å². The number of aromatic nitrogens is 4. The number of amides is 1. The Morgan fingerprint density at radius 1 is 0.456 bits per heavy atom. The van der Waals surface area contributed by atoms with Crippen LogP contribution in [0.2, 0.25) is 0 Å². The molecule has 4 aromatic carbocycles. The molecule has 16 atom stereocenters. The Bertz CT molecular complexity index is 3800. The summed E-state index contributed by atoms with van der Waals surface area (Å²) in [5.41, 5.74) is 15.5. The Labute approximate surface area is 512 Å². The number of fused-ring (bicyclic) bond motifs is 8. The van der Waals surface area contributed by atoms with Crippen LogP contribution in [-0.4, -0.2) is 205 Å². The van der Waals surface area contributed by atoms with Crippen molar-refractivity contribution in [1.82, 2.24) is 19.9 Å². The van der Waals surface area contributed by atoms with Gasteiger partial charge in [0, 0.05) is 55.6 Å². The Morgan fingerprint density at radius 2 is 0.778 bits per heavy atom. The van der Waals surface area contributed by atoms with Gasteiger partial charge >= 0.3 is 0 Å². The maximum absolute atomic E-state index is 13.4. The van der Waals surface area contributed by atoms with Crippen LogP contribution < -0.4 is 25.3 Å². The highest BCUT2D eigenvalue weighted by Gasteiger charge is 2.47. The lowest BCUT2D eigenvalue weighted by Gasteiger charge is -2.39. The van der Waals surface area contributed by atoms with E-state index in [9.17, 15) is 66.1 Å². The zero-order valence-electron chi connectivity index (χ0n) is 47.9. The molecule has 5 aliphatic rings. The lowest BCUT2D eigenvalue weighted by molar-refractivity contribution is -0.277. The highest BCUT2D eigenvalue weighted by atomic mass is 16.7. The van der Waals surface area contributed by atoms with Gasteiger partial charge in [0.2, 0.25) is 24.8 Å². The van der Waals surface area contributed by atoms with E-state index in [0.29, 0.717) is 95.0 Å². The Kier molecular flexibility index (Phi) is 17.8. The van der Waals surface area contributed by atoms with Crippen LogP contribution >= 0.6 is 0 Å². The molecule has 90 heavy (non-hydrogen) atoms. The summed E-state index contributed by atoms with van der Waals surface area (Å²) in [6.45, 7) is -0.371. The van der Waals surface area contributed by atoms with Crippen molar-refractivity contribution in [3.05, 3.63) is 144 Å². The molecular formula is C65H66N6O19. The fraction of sp³-hybridized carbons (Fsp3) is 0.308. The minimum Gasteiger partial charge on any atom is -0.462 e. The SMILES string of the molecule is C[C@H](N)C(=O)Nc1ccccc1-c1c2nc(c(-c3ccc(O[C@@H]4O[C@H](CO)[C@@H](O)[C@H](O)[C@H]4O)cc3)c3ccc([nH]3)c(-c3ccc(O[C@@H]4O[C@H](CO)[C@@H](O)[C@H](O)[C@H]4O)cc3)c3ccc([nH]3)c(-c3ccc(O[C@@H]4O[C@H](CO)[C@@H](O)[C@H](O)[C@H]4O)cc3)c3nc1C=C3)C=C2. The second-order valence-electron chi connectivity index (χ2n) is 22.3. The van der Waals surface area contributed by atoms with Gasteiger partial charge in [0.1, 0.15) is 90.5 Å². The van der Waals surface area contributed by atoms with Crippen molar-refractivity contribution >= 4 is 58.0 Å². The average Bonchev–Trinajstić information content (AvgIpc) is 1.64. The predicted octanol–water partition coefficient (Wildman–Crippen LogP) is 2.15. The topological polar surface area (TPSA) is 411 Å². The fourth-order valence-electron chi connectivity index (χ4n) is 11.5. The number of ether oxygens (including phenoxy) is 6. The summed E-state index contributed by atoms with van der Waals surface area (Å²) in [5, 5.41) is 128. The van der Waals surface area contributed by atoms with E-state index in [4.69, 9.17) is 44.1 Å². The molecule has 25 heteroatoms. The number of nitrogens with zero attached hydrogens (tertiary/aromatic N) is 2. The number of carbonyl (C=O) groups is 1. The predicted molar refractivity (Wildman–Crippen MR) is 326 cm³/mol. The first-order valence-electron chi connectivity index (χ1n) is 29.0. The minimum atomic E-state index is -1.67. The van der Waals surface area contributed by atoms with Gasteiger partial charge in [-0.25, -0.2) is 9.97 Å². The van der Waals surface area contributed by atoms with Crippen molar-refractivity contribution in [1.29, 1.82) is 0 Å². The van der Waals surface area contributed by atoms with Crippen LogP contribution in [0.1, 0.15) is 29.7 Å². The van der Waals surface area contributed by atoms with Gasteiger partial charge in [-0.1, -0.05) is 54.6 Å². The zero-order valence-corrected chi connectivity index (χ0v) is 47.9. The lowest BCUT2D eigenvalue weighted by atomic mass is 9.99. The van der Waals surface area contributed by atoms with E-state index in [0.717, 1.165) is 0 Å². The molecule has 0 spiro atoms. The van der Waals surface area contributed by atoms with Gasteiger partial charge in [-0.15, -0.1) is 0 Å². The molecule has 8 heterocycles. The quantitative estimate of drug-likeness (QED) is 0.0699. The van der Waals surface area contributed by atoms with Gasteiger partial charge < -0.3 is 111 Å². The molecule has 0 saturated carbocycles. The van der Waals surface area contributed by atoms with Gasteiger partial charge in [0.25, 0.3) is 0 Å². The summed E-state index contributed by atoms with van der Waals surface area (Å²) in [4.78, 5) is 31.4. The zero-order chi connectivity index (χ0) is 63.2. The average molecular weight is 1240 g/mol. The van der Waals surface area contributed by atoms with Gasteiger partial charge in [0.05, 0.1) is 48.6 Å². The summed E-state index contributed by atoms with van der Waals surface area (Å²) in [7, 11) is 0. The van der Waals surface area contributed by atoms with Crippen LogP contribution in [0.25, 0.3) is 90.9 Å². The first-order chi connectivity index (χ1) is 43.4. The van der Waals surface area contributed by atoms with E-state index in [2.05, 4.69) is 15.3 Å². The van der Waals surface area contributed by atoms with Gasteiger partial charge in [0.15, 0.2) is 0 Å². The molecule has 3 fully saturated rings. The second kappa shape index (κ2) is 25.9. The number of hydrogen-bond donors (Lipinski definition) is 16. The molecule has 7 aromatic rings. The maximum Gasteiger partial charge on any atom is 0.241 e. The highest BCUT2D eigenvalue weighted by molar-refractivity contribution is 6.03. The number of nitrogens with two attached hydrogens (primary N) is 1. The number of para-hydroxylation sites is 1. The largest absolute Gasteiger partial charge is 0.462 e. The standard InChI is InChI=1S/C65H66N6O19/c1-29(66)62(84)71-37-5-3-2-4-36(37)52-44-24-22-42(69-44)50(31-8-14-34(15-9-31)86-64-60(82)57(79)54(76)47(27-73)89-64)40-20-18-38(67-40)49(30-6-12-33(13-7-30)85-63-59(81)56(78)53(75)46(26-72)88-63)39-19-21-41(68-39)51(43-23-25-45(52)70-43)32-10-16-35(17-11-32)87-65-61(83)58(80)55(77)48(28-74)90-65/h2-25,29,46-48,53-61,63-65,67-68,72-83H,26-28,66H2,1H3,(H,71,84)/t29-,46+,47+,48+,53+,54+,55+,56-,57-,58-,59+,60+,61+,63+,64+,65+/m0/s1. The molecule has 3 saturated heterocycles. The van der Waals surface area contributed by atoms with Gasteiger partial charge in [-0.3, -0.25) is 4.79 Å². The van der Waals surface area contributed by atoms with Gasteiger partial charge in [-0.05, 0) is 115 Å². The Hall–Kier alpha value is -8.29. The third-order valence-electron chi connectivity index (χ3n) is 16.4. The van der Waals surface area contributed by atoms with Gasteiger partial charge in [-0.2, -0.15) is 0 Å². The molecule has 3 aromatic heterocycles. The molecule has 5 aliphatic heterocycles. The van der Waals surface area contributed by atoms with Crippen LogP contribution in [0.15, 0.2) is 121 Å². The number of H-pyrrole nitrogens is 2. The van der Waals surface area contributed by atoms with Crippen molar-refractivity contribution in [2.75, 3.05) is 25.1 Å². The molecular weight excluding hydrogens is 1170 g/mol. The number of rotatable bonds is 15. The summed E-state index contributed by atoms with van der Waals surface area (Å²) in [5.74, 6) is 0.202. The van der Waals surface area contributed by atoms with Crippen molar-refractivity contribution in [2.24, 2.45) is 5.73 Å². The summed E-state index contributed by atoms with van der Waals surface area (Å²) in [6, 6.07) is 34.2. The fourth-order valence-corrected chi connectivity index (χ4v) is 11.5. The number of benzene rings is 4. The van der Waals surface area contributed by atoms with E-state index in [1.807, 2.05) is 60.7 Å². The maximum atomic E-state index is 13.4. The number of nitrogens with one attached hydrogen (secondary N) is 3. The monoisotopic (exact) mass is 1230 g/mol. The normalized spacial score (nSPS) is 27.7. The second-order valence-corrected chi connectivity index (χ2v) is 22.3. The van der Waals surface area contributed by atoms with E-state index < -0.39 is 124 Å². The van der Waals surface area contributed by atoms with Crippen LogP contribution in [0, 0.1) is 0 Å². The number of hydrogen-bond acceptors (Lipinski definition) is 22. The first kappa shape index (κ1) is 61.9. The van der Waals surface area contributed by atoms with E-state index in [1.54, 1.807) is 91.9 Å².